The van der Waals surface area contributed by atoms with Gasteiger partial charge in [-0.1, -0.05) is 6.42 Å². The van der Waals surface area contributed by atoms with Crippen LogP contribution in [0.4, 0.5) is 0 Å². The van der Waals surface area contributed by atoms with E-state index in [1.807, 2.05) is 0 Å². The molecule has 2 heterocycles. The number of nitrogens with zero attached hydrogens (tertiary/aromatic N) is 3. The summed E-state index contributed by atoms with van der Waals surface area (Å²) in [6.45, 7) is 12.0. The van der Waals surface area contributed by atoms with Gasteiger partial charge in [-0.05, 0) is 33.7 Å². The summed E-state index contributed by atoms with van der Waals surface area (Å²) in [6.07, 6.45) is 4.10. The Kier molecular flexibility index (Phi) is 5.01. The van der Waals surface area contributed by atoms with Gasteiger partial charge in [0.05, 0.1) is 6.61 Å². The lowest BCUT2D eigenvalue weighted by molar-refractivity contribution is -0.112. The summed E-state index contributed by atoms with van der Waals surface area (Å²) in [5.41, 5.74) is 0. The number of hydrogen-bond donors (Lipinski definition) is 0. The molecule has 4 heteroatoms. The van der Waals surface area contributed by atoms with Crippen LogP contribution in [0.25, 0.3) is 0 Å². The zero-order chi connectivity index (χ0) is 13.0. The van der Waals surface area contributed by atoms with Crippen molar-refractivity contribution in [2.45, 2.75) is 38.9 Å². The van der Waals surface area contributed by atoms with Crippen LogP contribution in [-0.4, -0.2) is 73.5 Å². The van der Waals surface area contributed by atoms with Crippen molar-refractivity contribution in [3.05, 3.63) is 0 Å². The Morgan fingerprint density at radius 3 is 2.44 bits per heavy atom. The van der Waals surface area contributed by atoms with Crippen molar-refractivity contribution in [3.63, 3.8) is 0 Å². The van der Waals surface area contributed by atoms with Gasteiger partial charge in [0.2, 0.25) is 0 Å². The third kappa shape index (κ3) is 2.72. The molecular formula is C14H29N3O. The predicted molar refractivity (Wildman–Crippen MR) is 74.5 cm³/mol. The molecule has 0 amide bonds. The molecule has 0 aromatic rings. The first-order chi connectivity index (χ1) is 8.69. The average Bonchev–Trinajstić information content (AvgIpc) is 2.69. The van der Waals surface area contributed by atoms with Crippen molar-refractivity contribution in [2.24, 2.45) is 0 Å². The Bertz CT molecular complexity index is 255. The van der Waals surface area contributed by atoms with Crippen molar-refractivity contribution in [2.75, 3.05) is 53.0 Å². The van der Waals surface area contributed by atoms with Gasteiger partial charge >= 0.3 is 0 Å². The monoisotopic (exact) mass is 255 g/mol. The summed E-state index contributed by atoms with van der Waals surface area (Å²) in [6, 6.07) is 0. The highest BCUT2D eigenvalue weighted by Crippen LogP contribution is 2.31. The van der Waals surface area contributed by atoms with Crippen LogP contribution in [0.5, 0.6) is 0 Å². The lowest BCUT2D eigenvalue weighted by atomic mass is 10.1. The number of hydrogen-bond acceptors (Lipinski definition) is 4. The van der Waals surface area contributed by atoms with Gasteiger partial charge in [-0.15, -0.1) is 0 Å². The maximum Gasteiger partial charge on any atom is 0.128 e. The van der Waals surface area contributed by atoms with Gasteiger partial charge in [-0.3, -0.25) is 14.7 Å². The van der Waals surface area contributed by atoms with Crippen molar-refractivity contribution in [3.8, 4) is 0 Å². The molecular weight excluding hydrogens is 226 g/mol. The van der Waals surface area contributed by atoms with E-state index in [1.165, 1.54) is 38.9 Å². The Hall–Kier alpha value is -0.160. The molecule has 0 aromatic carbocycles. The highest BCUT2D eigenvalue weighted by Gasteiger charge is 2.45. The minimum absolute atomic E-state index is 0.109. The number of piperidine rings is 1. The van der Waals surface area contributed by atoms with Crippen molar-refractivity contribution in [1.29, 1.82) is 0 Å². The molecule has 0 spiro atoms. The fourth-order valence-corrected chi connectivity index (χ4v) is 3.34. The first-order valence-corrected chi connectivity index (χ1v) is 7.48. The third-order valence-corrected chi connectivity index (χ3v) is 4.69. The Labute approximate surface area is 112 Å². The average molecular weight is 255 g/mol. The Balaban J connectivity index is 1.99. The zero-order valence-corrected chi connectivity index (χ0v) is 12.3. The lowest BCUT2D eigenvalue weighted by Gasteiger charge is -2.49. The molecule has 106 valence electrons. The summed E-state index contributed by atoms with van der Waals surface area (Å²) >= 11 is 0. The summed E-state index contributed by atoms with van der Waals surface area (Å²) in [7, 11) is 2.26. The first kappa shape index (κ1) is 14.3. The molecule has 2 fully saturated rings. The normalized spacial score (nSPS) is 32.2. The first-order valence-electron chi connectivity index (χ1n) is 7.48. The van der Waals surface area contributed by atoms with Gasteiger partial charge < -0.3 is 4.74 Å². The highest BCUT2D eigenvalue weighted by molar-refractivity contribution is 4.92. The molecule has 2 rings (SSSR count). The van der Waals surface area contributed by atoms with Crippen LogP contribution in [0.2, 0.25) is 0 Å². The lowest BCUT2D eigenvalue weighted by Crippen LogP contribution is -2.63. The summed E-state index contributed by atoms with van der Waals surface area (Å²) < 4.78 is 5.53. The van der Waals surface area contributed by atoms with Gasteiger partial charge in [0, 0.05) is 39.3 Å². The van der Waals surface area contributed by atoms with Gasteiger partial charge in [0.25, 0.3) is 0 Å². The van der Waals surface area contributed by atoms with E-state index < -0.39 is 0 Å². The molecule has 1 atom stereocenters. The largest absolute Gasteiger partial charge is 0.380 e. The van der Waals surface area contributed by atoms with Crippen LogP contribution in [0.3, 0.4) is 0 Å². The van der Waals surface area contributed by atoms with E-state index in [9.17, 15) is 0 Å². The molecule has 0 bridgehead atoms. The molecule has 1 unspecified atom stereocenters. The Morgan fingerprint density at radius 1 is 1.06 bits per heavy atom. The van der Waals surface area contributed by atoms with E-state index in [4.69, 9.17) is 4.74 Å². The minimum atomic E-state index is 0.109. The number of ether oxygens (including phenoxy) is 1. The second-order valence-electron chi connectivity index (χ2n) is 5.62. The molecule has 2 saturated heterocycles. The van der Waals surface area contributed by atoms with Crippen molar-refractivity contribution >= 4 is 0 Å². The second-order valence-corrected chi connectivity index (χ2v) is 5.62. The minimum Gasteiger partial charge on any atom is -0.380 e. The topological polar surface area (TPSA) is 19.0 Å². The molecule has 18 heavy (non-hydrogen) atoms. The Morgan fingerprint density at radius 2 is 1.78 bits per heavy atom. The highest BCUT2D eigenvalue weighted by atomic mass is 16.5. The number of likely N-dealkylation sites (tertiary alicyclic amines) is 1. The molecule has 0 aromatic heterocycles. The summed E-state index contributed by atoms with van der Waals surface area (Å²) in [5.74, 6) is 0.109. The van der Waals surface area contributed by atoms with E-state index >= 15 is 0 Å². The molecule has 2 aliphatic heterocycles. The number of rotatable bonds is 5. The summed E-state index contributed by atoms with van der Waals surface area (Å²) in [5, 5.41) is 0. The van der Waals surface area contributed by atoms with Crippen LogP contribution in [0.15, 0.2) is 0 Å². The van der Waals surface area contributed by atoms with E-state index in [0.29, 0.717) is 0 Å². The van der Waals surface area contributed by atoms with Gasteiger partial charge in [-0.2, -0.15) is 0 Å². The van der Waals surface area contributed by atoms with E-state index in [1.54, 1.807) is 0 Å². The fourth-order valence-electron chi connectivity index (χ4n) is 3.34. The van der Waals surface area contributed by atoms with E-state index in [0.717, 1.165) is 26.3 Å². The third-order valence-electron chi connectivity index (χ3n) is 4.69. The van der Waals surface area contributed by atoms with Crippen LogP contribution in [0.1, 0.15) is 33.1 Å². The van der Waals surface area contributed by atoms with Crippen LogP contribution in [0, 0.1) is 0 Å². The number of likely N-dealkylation sites (N-methyl/N-ethyl adjacent to an activating group) is 1. The van der Waals surface area contributed by atoms with Crippen LogP contribution in [-0.2, 0) is 4.74 Å². The quantitative estimate of drug-likeness (QED) is 0.692. The van der Waals surface area contributed by atoms with Gasteiger partial charge in [0.1, 0.15) is 5.79 Å². The van der Waals surface area contributed by atoms with E-state index in [-0.39, 0.29) is 5.79 Å². The molecule has 2 aliphatic rings. The van der Waals surface area contributed by atoms with Crippen LogP contribution < -0.4 is 0 Å². The maximum atomic E-state index is 5.53. The molecule has 0 radical (unpaired) electrons. The van der Waals surface area contributed by atoms with E-state index in [2.05, 4.69) is 35.6 Å². The summed E-state index contributed by atoms with van der Waals surface area (Å²) in [4.78, 5) is 7.76. The zero-order valence-electron chi connectivity index (χ0n) is 12.3. The van der Waals surface area contributed by atoms with Gasteiger partial charge in [-0.25, -0.2) is 0 Å². The van der Waals surface area contributed by atoms with Crippen LogP contribution >= 0.6 is 0 Å². The maximum absolute atomic E-state index is 5.53. The molecule has 0 aliphatic carbocycles. The van der Waals surface area contributed by atoms with Gasteiger partial charge in [0.15, 0.2) is 0 Å². The molecule has 0 N–H and O–H groups in total. The fraction of sp³-hybridized carbons (Fsp3) is 1.00. The predicted octanol–water partition coefficient (Wildman–Crippen LogP) is 1.43. The van der Waals surface area contributed by atoms with Crippen molar-refractivity contribution < 1.29 is 4.74 Å². The molecule has 0 saturated carbocycles. The second kappa shape index (κ2) is 6.33. The smallest absolute Gasteiger partial charge is 0.128 e. The SMILES string of the molecule is CCOCCN1CCN(C)C1(C)N1CCCCC1. The molecule has 4 nitrogen and oxygen atoms in total. The standard InChI is InChI=1S/C14H29N3O/c1-4-18-13-12-17-11-10-15(3)14(17,2)16-8-6-5-7-9-16/h4-13H2,1-3H3. The van der Waals surface area contributed by atoms with Crippen molar-refractivity contribution in [1.82, 2.24) is 14.7 Å².